The van der Waals surface area contributed by atoms with Gasteiger partial charge in [0, 0.05) is 19.7 Å². The van der Waals surface area contributed by atoms with Gasteiger partial charge in [-0.1, -0.05) is 30.3 Å². The molecule has 0 atom stereocenters. The zero-order chi connectivity index (χ0) is 15.9. The highest BCUT2D eigenvalue weighted by Crippen LogP contribution is 2.20. The van der Waals surface area contributed by atoms with Crippen molar-refractivity contribution in [2.45, 2.75) is 19.4 Å². The summed E-state index contributed by atoms with van der Waals surface area (Å²) in [6.07, 6.45) is 3.37. The van der Waals surface area contributed by atoms with Crippen molar-refractivity contribution in [1.29, 1.82) is 0 Å². The second-order valence-electron chi connectivity index (χ2n) is 5.94. The highest BCUT2D eigenvalue weighted by atomic mass is 16.6. The van der Waals surface area contributed by atoms with E-state index in [9.17, 15) is 4.79 Å². The van der Waals surface area contributed by atoms with Crippen molar-refractivity contribution in [2.75, 3.05) is 32.9 Å². The molecule has 1 amide bonds. The van der Waals surface area contributed by atoms with Gasteiger partial charge in [0.15, 0.2) is 0 Å². The van der Waals surface area contributed by atoms with Crippen LogP contribution in [0, 0.1) is 5.92 Å². The Hall–Kier alpha value is -2.01. The van der Waals surface area contributed by atoms with Crippen molar-refractivity contribution >= 4 is 5.91 Å². The Balaban J connectivity index is 1.38. The first-order valence-electron chi connectivity index (χ1n) is 8.18. The summed E-state index contributed by atoms with van der Waals surface area (Å²) >= 11 is 0. The van der Waals surface area contributed by atoms with Gasteiger partial charge < -0.3 is 19.1 Å². The number of piperidine rings is 1. The Morgan fingerprint density at radius 2 is 1.96 bits per heavy atom. The predicted octanol–water partition coefficient (Wildman–Crippen LogP) is 2.33. The minimum absolute atomic E-state index is 0.0617. The molecule has 2 aliphatic heterocycles. The highest BCUT2D eigenvalue weighted by molar-refractivity contribution is 5.91. The van der Waals surface area contributed by atoms with E-state index in [-0.39, 0.29) is 5.91 Å². The van der Waals surface area contributed by atoms with E-state index in [2.05, 4.69) is 12.1 Å². The fourth-order valence-corrected chi connectivity index (χ4v) is 2.86. The second-order valence-corrected chi connectivity index (χ2v) is 5.94. The maximum absolute atomic E-state index is 12.3. The zero-order valence-corrected chi connectivity index (χ0v) is 13.3. The summed E-state index contributed by atoms with van der Waals surface area (Å²) in [5, 5.41) is 0. The summed E-state index contributed by atoms with van der Waals surface area (Å²) in [5.41, 5.74) is 1.20. The van der Waals surface area contributed by atoms with Crippen LogP contribution in [0.15, 0.2) is 42.4 Å². The molecule has 0 aliphatic carbocycles. The molecule has 0 N–H and O–H groups in total. The van der Waals surface area contributed by atoms with Crippen molar-refractivity contribution in [1.82, 2.24) is 4.90 Å². The molecule has 1 saturated heterocycles. The molecule has 3 rings (SSSR count). The van der Waals surface area contributed by atoms with Gasteiger partial charge in [0.25, 0.3) is 5.91 Å². The first kappa shape index (κ1) is 15.9. The number of nitrogens with zero attached hydrogens (tertiary/aromatic N) is 1. The van der Waals surface area contributed by atoms with Crippen LogP contribution in [0.3, 0.4) is 0 Å². The van der Waals surface area contributed by atoms with Crippen LogP contribution in [-0.4, -0.2) is 43.7 Å². The SMILES string of the molecule is O=C(C1=COCCO1)N1CCC(COCc2ccccc2)CC1. The summed E-state index contributed by atoms with van der Waals surface area (Å²) in [4.78, 5) is 14.1. The molecule has 0 unspecified atom stereocenters. The average molecular weight is 317 g/mol. The van der Waals surface area contributed by atoms with Gasteiger partial charge in [-0.25, -0.2) is 0 Å². The Kier molecular flexibility index (Phi) is 5.53. The lowest BCUT2D eigenvalue weighted by Gasteiger charge is -2.32. The normalized spacial score (nSPS) is 18.8. The molecule has 5 nitrogen and oxygen atoms in total. The largest absolute Gasteiger partial charge is 0.494 e. The first-order valence-corrected chi connectivity index (χ1v) is 8.18. The van der Waals surface area contributed by atoms with E-state index in [4.69, 9.17) is 14.2 Å². The molecule has 5 heteroatoms. The third-order valence-corrected chi connectivity index (χ3v) is 4.23. The molecule has 124 valence electrons. The lowest BCUT2D eigenvalue weighted by molar-refractivity contribution is -0.134. The van der Waals surface area contributed by atoms with Crippen molar-refractivity contribution in [3.05, 3.63) is 47.9 Å². The van der Waals surface area contributed by atoms with Crippen molar-refractivity contribution < 1.29 is 19.0 Å². The molecular weight excluding hydrogens is 294 g/mol. The molecular formula is C18H23NO4. The van der Waals surface area contributed by atoms with E-state index >= 15 is 0 Å². The quantitative estimate of drug-likeness (QED) is 0.836. The Morgan fingerprint density at radius 3 is 2.65 bits per heavy atom. The number of benzene rings is 1. The van der Waals surface area contributed by atoms with Crippen LogP contribution >= 0.6 is 0 Å². The van der Waals surface area contributed by atoms with E-state index in [1.807, 2.05) is 23.1 Å². The van der Waals surface area contributed by atoms with Gasteiger partial charge in [0.1, 0.15) is 19.5 Å². The number of amides is 1. The fourth-order valence-electron chi connectivity index (χ4n) is 2.86. The standard InChI is InChI=1S/C18H23NO4/c20-18(17-14-21-10-11-23-17)19-8-6-16(7-9-19)13-22-12-15-4-2-1-3-5-15/h1-5,14,16H,6-13H2. The topological polar surface area (TPSA) is 48.0 Å². The molecule has 2 aliphatic rings. The number of rotatable bonds is 5. The summed E-state index contributed by atoms with van der Waals surface area (Å²) < 4.78 is 16.3. The molecule has 1 fully saturated rings. The molecule has 0 spiro atoms. The molecule has 1 aromatic carbocycles. The smallest absolute Gasteiger partial charge is 0.292 e. The Bertz CT molecular complexity index is 535. The fraction of sp³-hybridized carbons (Fsp3) is 0.500. The summed E-state index contributed by atoms with van der Waals surface area (Å²) in [6, 6.07) is 10.2. The summed E-state index contributed by atoms with van der Waals surface area (Å²) in [6.45, 7) is 3.86. The van der Waals surface area contributed by atoms with Crippen molar-refractivity contribution in [3.63, 3.8) is 0 Å². The number of likely N-dealkylation sites (tertiary alicyclic amines) is 1. The lowest BCUT2D eigenvalue weighted by atomic mass is 9.97. The Morgan fingerprint density at radius 1 is 1.17 bits per heavy atom. The monoisotopic (exact) mass is 317 g/mol. The Labute approximate surface area is 136 Å². The molecule has 2 heterocycles. The number of ether oxygens (including phenoxy) is 3. The third-order valence-electron chi connectivity index (χ3n) is 4.23. The summed E-state index contributed by atoms with van der Waals surface area (Å²) in [7, 11) is 0. The molecule has 1 aromatic rings. The molecule has 0 bridgehead atoms. The van der Waals surface area contributed by atoms with Gasteiger partial charge in [0.05, 0.1) is 6.61 Å². The van der Waals surface area contributed by atoms with E-state index in [1.54, 1.807) is 0 Å². The predicted molar refractivity (Wildman–Crippen MR) is 85.4 cm³/mol. The van der Waals surface area contributed by atoms with E-state index in [0.717, 1.165) is 32.5 Å². The van der Waals surface area contributed by atoms with E-state index < -0.39 is 0 Å². The zero-order valence-electron chi connectivity index (χ0n) is 13.3. The third kappa shape index (κ3) is 4.48. The molecule has 0 radical (unpaired) electrons. The van der Waals surface area contributed by atoms with E-state index in [1.165, 1.54) is 11.8 Å². The first-order chi connectivity index (χ1) is 11.3. The maximum Gasteiger partial charge on any atom is 0.292 e. The van der Waals surface area contributed by atoms with Gasteiger partial charge in [-0.2, -0.15) is 0 Å². The highest BCUT2D eigenvalue weighted by Gasteiger charge is 2.27. The van der Waals surface area contributed by atoms with Crippen LogP contribution < -0.4 is 0 Å². The van der Waals surface area contributed by atoms with Crippen LogP contribution in [0.5, 0.6) is 0 Å². The van der Waals surface area contributed by atoms with Gasteiger partial charge in [-0.05, 0) is 24.3 Å². The molecule has 0 aromatic heterocycles. The number of carbonyl (C=O) groups is 1. The minimum atomic E-state index is -0.0617. The van der Waals surface area contributed by atoms with Crippen LogP contribution in [0.25, 0.3) is 0 Å². The molecule has 23 heavy (non-hydrogen) atoms. The van der Waals surface area contributed by atoms with Crippen molar-refractivity contribution in [2.24, 2.45) is 5.92 Å². The molecule has 0 saturated carbocycles. The number of hydrogen-bond acceptors (Lipinski definition) is 4. The van der Waals surface area contributed by atoms with Crippen LogP contribution in [-0.2, 0) is 25.6 Å². The number of carbonyl (C=O) groups excluding carboxylic acids is 1. The van der Waals surface area contributed by atoms with Gasteiger partial charge >= 0.3 is 0 Å². The minimum Gasteiger partial charge on any atom is -0.494 e. The lowest BCUT2D eigenvalue weighted by Crippen LogP contribution is -2.41. The van der Waals surface area contributed by atoms with Crippen LogP contribution in [0.4, 0.5) is 0 Å². The number of hydrogen-bond donors (Lipinski definition) is 0. The van der Waals surface area contributed by atoms with Gasteiger partial charge in [-0.15, -0.1) is 0 Å². The van der Waals surface area contributed by atoms with Crippen LogP contribution in [0.2, 0.25) is 0 Å². The van der Waals surface area contributed by atoms with E-state index in [0.29, 0.717) is 31.5 Å². The average Bonchev–Trinajstić information content (AvgIpc) is 2.63. The summed E-state index contributed by atoms with van der Waals surface area (Å²) in [5.74, 6) is 0.781. The van der Waals surface area contributed by atoms with Crippen LogP contribution in [0.1, 0.15) is 18.4 Å². The second kappa shape index (κ2) is 8.02. The van der Waals surface area contributed by atoms with Gasteiger partial charge in [-0.3, -0.25) is 4.79 Å². The van der Waals surface area contributed by atoms with Crippen molar-refractivity contribution in [3.8, 4) is 0 Å². The van der Waals surface area contributed by atoms with Gasteiger partial charge in [0.2, 0.25) is 5.76 Å². The maximum atomic E-state index is 12.3.